The molecule has 2 aromatic carbocycles. The number of methoxy groups -OCH3 is 1. The van der Waals surface area contributed by atoms with Crippen molar-refractivity contribution < 1.29 is 9.53 Å². The number of rotatable bonds is 4. The number of halogens is 1. The number of amides is 1. The van der Waals surface area contributed by atoms with Crippen molar-refractivity contribution in [3.05, 3.63) is 58.7 Å². The molecule has 1 heterocycles. The number of nitrogens with one attached hydrogen (secondary N) is 2. The SMILES string of the molecule is COc1ccc(C2(C(=O)Nc3ccc4[nH]c(C(C)(C)C)cc4c3)CC2)cc1Cl. The van der Waals surface area contributed by atoms with E-state index >= 15 is 0 Å². The number of aromatic nitrogens is 1. The van der Waals surface area contributed by atoms with E-state index in [1.54, 1.807) is 7.11 Å². The molecule has 2 N–H and O–H groups in total. The first-order valence-electron chi connectivity index (χ1n) is 9.52. The highest BCUT2D eigenvalue weighted by Crippen LogP contribution is 2.50. The molecular weight excluding hydrogens is 372 g/mol. The van der Waals surface area contributed by atoms with Gasteiger partial charge in [-0.2, -0.15) is 0 Å². The summed E-state index contributed by atoms with van der Waals surface area (Å²) in [5, 5.41) is 4.73. The van der Waals surface area contributed by atoms with Crippen molar-refractivity contribution in [3.63, 3.8) is 0 Å². The number of aromatic amines is 1. The van der Waals surface area contributed by atoms with Gasteiger partial charge in [0.25, 0.3) is 0 Å². The van der Waals surface area contributed by atoms with Crippen LogP contribution in [0.5, 0.6) is 5.75 Å². The van der Waals surface area contributed by atoms with E-state index in [-0.39, 0.29) is 11.3 Å². The van der Waals surface area contributed by atoms with Crippen molar-refractivity contribution in [3.8, 4) is 5.75 Å². The number of H-pyrrole nitrogens is 1. The summed E-state index contributed by atoms with van der Waals surface area (Å²) in [6.45, 7) is 6.53. The van der Waals surface area contributed by atoms with Crippen molar-refractivity contribution in [2.75, 3.05) is 12.4 Å². The highest BCUT2D eigenvalue weighted by atomic mass is 35.5. The van der Waals surface area contributed by atoms with Crippen LogP contribution in [0.3, 0.4) is 0 Å². The fraction of sp³-hybridized carbons (Fsp3) is 0.348. The Hall–Kier alpha value is -2.46. The minimum atomic E-state index is -0.500. The summed E-state index contributed by atoms with van der Waals surface area (Å²) < 4.78 is 5.22. The standard InChI is InChI=1S/C23H25ClN2O2/c1-22(2,3)20-12-14-11-16(6-7-18(14)26-20)25-21(27)23(9-10-23)15-5-8-19(28-4)17(24)13-15/h5-8,11-13,26H,9-10H2,1-4H3,(H,25,27). The Morgan fingerprint density at radius 3 is 2.50 bits per heavy atom. The molecule has 1 aliphatic rings. The molecule has 1 aromatic heterocycles. The van der Waals surface area contributed by atoms with Crippen LogP contribution in [0, 0.1) is 0 Å². The summed E-state index contributed by atoms with van der Waals surface area (Å²) >= 11 is 6.27. The molecule has 1 saturated carbocycles. The Labute approximate surface area is 170 Å². The predicted molar refractivity (Wildman–Crippen MR) is 115 cm³/mol. The zero-order valence-electron chi connectivity index (χ0n) is 16.7. The molecule has 5 heteroatoms. The number of benzene rings is 2. The Morgan fingerprint density at radius 2 is 1.89 bits per heavy atom. The minimum absolute atomic E-state index is 0.0136. The van der Waals surface area contributed by atoms with E-state index < -0.39 is 5.41 Å². The number of hydrogen-bond donors (Lipinski definition) is 2. The van der Waals surface area contributed by atoms with E-state index in [9.17, 15) is 4.79 Å². The maximum absolute atomic E-state index is 13.1. The Bertz CT molecular complexity index is 1060. The second kappa shape index (κ2) is 6.56. The van der Waals surface area contributed by atoms with Gasteiger partial charge in [-0.05, 0) is 54.8 Å². The van der Waals surface area contributed by atoms with E-state index in [0.717, 1.165) is 35.0 Å². The van der Waals surface area contributed by atoms with Gasteiger partial charge in [-0.3, -0.25) is 4.79 Å². The molecule has 0 radical (unpaired) electrons. The van der Waals surface area contributed by atoms with Crippen molar-refractivity contribution in [1.82, 2.24) is 4.98 Å². The summed E-state index contributed by atoms with van der Waals surface area (Å²) in [5.74, 6) is 0.633. The molecule has 0 spiro atoms. The highest BCUT2D eigenvalue weighted by Gasteiger charge is 2.51. The molecule has 0 bridgehead atoms. The lowest BCUT2D eigenvalue weighted by Gasteiger charge is -2.17. The largest absolute Gasteiger partial charge is 0.495 e. The molecule has 146 valence electrons. The van der Waals surface area contributed by atoms with Crippen LogP contribution < -0.4 is 10.1 Å². The van der Waals surface area contributed by atoms with Gasteiger partial charge in [0.05, 0.1) is 17.5 Å². The molecule has 1 aliphatic carbocycles. The number of ether oxygens (including phenoxy) is 1. The quantitative estimate of drug-likeness (QED) is 0.585. The van der Waals surface area contributed by atoms with E-state index in [1.807, 2.05) is 36.4 Å². The van der Waals surface area contributed by atoms with Crippen LogP contribution in [-0.4, -0.2) is 18.0 Å². The first kappa shape index (κ1) is 18.9. The molecule has 0 atom stereocenters. The van der Waals surface area contributed by atoms with Crippen molar-refractivity contribution in [2.45, 2.75) is 44.4 Å². The molecule has 3 aromatic rings. The summed E-state index contributed by atoms with van der Waals surface area (Å²) in [6, 6.07) is 13.7. The molecular formula is C23H25ClN2O2. The number of anilines is 1. The third-order valence-corrected chi connectivity index (χ3v) is 5.87. The van der Waals surface area contributed by atoms with Gasteiger partial charge in [-0.25, -0.2) is 0 Å². The van der Waals surface area contributed by atoms with Gasteiger partial charge in [-0.15, -0.1) is 0 Å². The molecule has 0 unspecified atom stereocenters. The predicted octanol–water partition coefficient (Wildman–Crippen LogP) is 5.80. The fourth-order valence-corrected chi connectivity index (χ4v) is 3.86. The molecule has 28 heavy (non-hydrogen) atoms. The lowest BCUT2D eigenvalue weighted by Crippen LogP contribution is -2.27. The topological polar surface area (TPSA) is 54.1 Å². The Balaban J connectivity index is 1.58. The van der Waals surface area contributed by atoms with Crippen LogP contribution >= 0.6 is 11.6 Å². The molecule has 0 saturated heterocycles. The van der Waals surface area contributed by atoms with Crippen LogP contribution in [0.4, 0.5) is 5.69 Å². The van der Waals surface area contributed by atoms with Gasteiger partial charge in [0.15, 0.2) is 0 Å². The fourth-order valence-electron chi connectivity index (χ4n) is 3.60. The minimum Gasteiger partial charge on any atom is -0.495 e. The third kappa shape index (κ3) is 3.26. The zero-order valence-corrected chi connectivity index (χ0v) is 17.4. The number of carbonyl (C=O) groups is 1. The first-order chi connectivity index (χ1) is 13.2. The Morgan fingerprint density at radius 1 is 1.14 bits per heavy atom. The lowest BCUT2D eigenvalue weighted by atomic mass is 9.92. The number of hydrogen-bond acceptors (Lipinski definition) is 2. The van der Waals surface area contributed by atoms with Gasteiger partial charge in [-0.1, -0.05) is 38.4 Å². The van der Waals surface area contributed by atoms with Gasteiger partial charge in [0.2, 0.25) is 5.91 Å². The van der Waals surface area contributed by atoms with Gasteiger partial charge < -0.3 is 15.0 Å². The average molecular weight is 397 g/mol. The molecule has 4 rings (SSSR count). The lowest BCUT2D eigenvalue weighted by molar-refractivity contribution is -0.118. The molecule has 0 aliphatic heterocycles. The third-order valence-electron chi connectivity index (χ3n) is 5.58. The zero-order chi connectivity index (χ0) is 20.1. The monoisotopic (exact) mass is 396 g/mol. The second-order valence-electron chi connectivity index (χ2n) is 8.62. The number of carbonyl (C=O) groups excluding carboxylic acids is 1. The summed E-state index contributed by atoms with van der Waals surface area (Å²) in [6.07, 6.45) is 1.64. The van der Waals surface area contributed by atoms with Crippen molar-refractivity contribution in [1.29, 1.82) is 0 Å². The summed E-state index contributed by atoms with van der Waals surface area (Å²) in [7, 11) is 1.59. The van der Waals surface area contributed by atoms with Crippen LogP contribution in [0.1, 0.15) is 44.9 Å². The van der Waals surface area contributed by atoms with E-state index in [0.29, 0.717) is 10.8 Å². The van der Waals surface area contributed by atoms with Crippen LogP contribution in [-0.2, 0) is 15.6 Å². The highest BCUT2D eigenvalue weighted by molar-refractivity contribution is 6.32. The molecule has 1 fully saturated rings. The first-order valence-corrected chi connectivity index (χ1v) is 9.89. The molecule has 4 nitrogen and oxygen atoms in total. The van der Waals surface area contributed by atoms with Crippen LogP contribution in [0.2, 0.25) is 5.02 Å². The maximum Gasteiger partial charge on any atom is 0.235 e. The molecule has 1 amide bonds. The van der Waals surface area contributed by atoms with E-state index in [1.165, 1.54) is 5.69 Å². The average Bonchev–Trinajstić information content (AvgIpc) is 3.34. The Kier molecular flexibility index (Phi) is 4.42. The summed E-state index contributed by atoms with van der Waals surface area (Å²) in [5.41, 5.74) is 3.55. The van der Waals surface area contributed by atoms with Gasteiger partial charge in [0.1, 0.15) is 5.75 Å². The number of fused-ring (bicyclic) bond motifs is 1. The second-order valence-corrected chi connectivity index (χ2v) is 9.03. The van der Waals surface area contributed by atoms with Crippen molar-refractivity contribution in [2.24, 2.45) is 0 Å². The van der Waals surface area contributed by atoms with Gasteiger partial charge >= 0.3 is 0 Å². The normalized spacial score (nSPS) is 15.5. The maximum atomic E-state index is 13.1. The van der Waals surface area contributed by atoms with E-state index in [2.05, 4.69) is 37.1 Å². The van der Waals surface area contributed by atoms with Crippen LogP contribution in [0.15, 0.2) is 42.5 Å². The van der Waals surface area contributed by atoms with Gasteiger partial charge in [0, 0.05) is 27.7 Å². The van der Waals surface area contributed by atoms with Crippen molar-refractivity contribution >= 4 is 34.1 Å². The van der Waals surface area contributed by atoms with E-state index in [4.69, 9.17) is 16.3 Å². The van der Waals surface area contributed by atoms with Crippen LogP contribution in [0.25, 0.3) is 10.9 Å². The smallest absolute Gasteiger partial charge is 0.235 e. The summed E-state index contributed by atoms with van der Waals surface area (Å²) in [4.78, 5) is 16.5.